The number of para-hydroxylation sites is 1. The molecule has 0 amide bonds. The minimum Gasteiger partial charge on any atom is -0.493 e. The Labute approximate surface area is 156 Å². The SMILES string of the molecule is C=CCOc1c(C=NNc2nc(-c3ccccc3)cs2)cccc1OC. The second-order valence-electron chi connectivity index (χ2n) is 5.25. The highest BCUT2D eigenvalue weighted by Gasteiger charge is 2.09. The second kappa shape index (κ2) is 8.82. The summed E-state index contributed by atoms with van der Waals surface area (Å²) >= 11 is 1.50. The van der Waals surface area contributed by atoms with E-state index >= 15 is 0 Å². The largest absolute Gasteiger partial charge is 0.493 e. The molecule has 5 nitrogen and oxygen atoms in total. The van der Waals surface area contributed by atoms with Crippen LogP contribution in [0.5, 0.6) is 11.5 Å². The molecule has 0 fully saturated rings. The first-order chi connectivity index (χ1) is 12.8. The predicted octanol–water partition coefficient (Wildman–Crippen LogP) is 4.83. The van der Waals surface area contributed by atoms with E-state index in [0.29, 0.717) is 18.1 Å². The van der Waals surface area contributed by atoms with Crippen LogP contribution in [0.3, 0.4) is 0 Å². The molecule has 132 valence electrons. The molecule has 3 aromatic rings. The van der Waals surface area contributed by atoms with Crippen LogP contribution in [0.25, 0.3) is 11.3 Å². The van der Waals surface area contributed by atoms with Gasteiger partial charge in [0.1, 0.15) is 6.61 Å². The van der Waals surface area contributed by atoms with Gasteiger partial charge in [0.05, 0.1) is 19.0 Å². The van der Waals surface area contributed by atoms with Crippen molar-refractivity contribution in [3.63, 3.8) is 0 Å². The Bertz CT molecular complexity index is 891. The third-order valence-corrected chi connectivity index (χ3v) is 4.26. The zero-order valence-corrected chi connectivity index (χ0v) is 15.2. The van der Waals surface area contributed by atoms with Gasteiger partial charge in [-0.25, -0.2) is 4.98 Å². The maximum atomic E-state index is 5.70. The number of hydrogen-bond acceptors (Lipinski definition) is 6. The third-order valence-electron chi connectivity index (χ3n) is 3.51. The highest BCUT2D eigenvalue weighted by atomic mass is 32.1. The Balaban J connectivity index is 1.73. The van der Waals surface area contributed by atoms with Crippen molar-refractivity contribution in [2.45, 2.75) is 0 Å². The van der Waals surface area contributed by atoms with E-state index in [1.54, 1.807) is 19.4 Å². The molecule has 0 aliphatic heterocycles. The van der Waals surface area contributed by atoms with E-state index in [4.69, 9.17) is 9.47 Å². The summed E-state index contributed by atoms with van der Waals surface area (Å²) in [6, 6.07) is 15.7. The summed E-state index contributed by atoms with van der Waals surface area (Å²) < 4.78 is 11.0. The normalized spacial score (nSPS) is 10.7. The average molecular weight is 365 g/mol. The molecular weight excluding hydrogens is 346 g/mol. The van der Waals surface area contributed by atoms with Crippen molar-refractivity contribution in [3.05, 3.63) is 72.1 Å². The minimum absolute atomic E-state index is 0.390. The number of thiazole rings is 1. The fraction of sp³-hybridized carbons (Fsp3) is 0.100. The number of hydrogen-bond donors (Lipinski definition) is 1. The van der Waals surface area contributed by atoms with Gasteiger partial charge in [0.25, 0.3) is 0 Å². The van der Waals surface area contributed by atoms with Crippen molar-refractivity contribution < 1.29 is 9.47 Å². The van der Waals surface area contributed by atoms with Gasteiger partial charge in [0.2, 0.25) is 5.13 Å². The Morgan fingerprint density at radius 3 is 2.81 bits per heavy atom. The number of anilines is 1. The first-order valence-electron chi connectivity index (χ1n) is 8.02. The van der Waals surface area contributed by atoms with Crippen molar-refractivity contribution in [1.29, 1.82) is 0 Å². The maximum Gasteiger partial charge on any atom is 0.203 e. The van der Waals surface area contributed by atoms with E-state index in [1.165, 1.54) is 11.3 Å². The zero-order valence-electron chi connectivity index (χ0n) is 14.4. The molecule has 0 unspecified atom stereocenters. The van der Waals surface area contributed by atoms with Crippen LogP contribution in [0, 0.1) is 0 Å². The third kappa shape index (κ3) is 4.29. The van der Waals surface area contributed by atoms with Crippen LogP contribution >= 0.6 is 11.3 Å². The fourth-order valence-corrected chi connectivity index (χ4v) is 2.98. The molecule has 0 saturated heterocycles. The summed E-state index contributed by atoms with van der Waals surface area (Å²) in [5.41, 5.74) is 5.77. The van der Waals surface area contributed by atoms with Crippen LogP contribution in [-0.4, -0.2) is 24.9 Å². The molecule has 0 radical (unpaired) electrons. The number of hydrazone groups is 1. The average Bonchev–Trinajstić information content (AvgIpc) is 3.16. The van der Waals surface area contributed by atoms with Gasteiger partial charge in [-0.15, -0.1) is 11.3 Å². The number of nitrogens with one attached hydrogen (secondary N) is 1. The van der Waals surface area contributed by atoms with Crippen LogP contribution in [0.4, 0.5) is 5.13 Å². The van der Waals surface area contributed by atoms with Crippen LogP contribution in [-0.2, 0) is 0 Å². The molecule has 1 heterocycles. The van der Waals surface area contributed by atoms with E-state index in [-0.39, 0.29) is 0 Å². The summed E-state index contributed by atoms with van der Waals surface area (Å²) in [4.78, 5) is 4.54. The smallest absolute Gasteiger partial charge is 0.203 e. The van der Waals surface area contributed by atoms with Crippen LogP contribution in [0.1, 0.15) is 5.56 Å². The van der Waals surface area contributed by atoms with Gasteiger partial charge in [0.15, 0.2) is 11.5 Å². The van der Waals surface area contributed by atoms with E-state index < -0.39 is 0 Å². The lowest BCUT2D eigenvalue weighted by Gasteiger charge is -2.11. The maximum absolute atomic E-state index is 5.70. The van der Waals surface area contributed by atoms with Gasteiger partial charge in [-0.2, -0.15) is 5.10 Å². The van der Waals surface area contributed by atoms with E-state index in [0.717, 1.165) is 22.0 Å². The molecule has 3 rings (SSSR count). The molecule has 26 heavy (non-hydrogen) atoms. The van der Waals surface area contributed by atoms with E-state index in [9.17, 15) is 0 Å². The predicted molar refractivity (Wildman–Crippen MR) is 107 cm³/mol. The topological polar surface area (TPSA) is 55.7 Å². The van der Waals surface area contributed by atoms with Crippen molar-refractivity contribution >= 4 is 22.7 Å². The Hall–Kier alpha value is -3.12. The molecule has 0 aliphatic rings. The molecule has 2 aromatic carbocycles. The van der Waals surface area contributed by atoms with Gasteiger partial charge in [0, 0.05) is 16.5 Å². The first-order valence-corrected chi connectivity index (χ1v) is 8.90. The van der Waals surface area contributed by atoms with Crippen LogP contribution in [0.2, 0.25) is 0 Å². The summed E-state index contributed by atoms with van der Waals surface area (Å²) in [5, 5.41) is 6.99. The lowest BCUT2D eigenvalue weighted by molar-refractivity contribution is 0.326. The number of nitrogens with zero attached hydrogens (tertiary/aromatic N) is 2. The number of aromatic nitrogens is 1. The highest BCUT2D eigenvalue weighted by molar-refractivity contribution is 7.14. The molecule has 0 aliphatic carbocycles. The quantitative estimate of drug-likeness (QED) is 0.353. The van der Waals surface area contributed by atoms with E-state index in [1.807, 2.05) is 53.9 Å². The summed E-state index contributed by atoms with van der Waals surface area (Å²) in [5.74, 6) is 1.28. The standard InChI is InChI=1S/C20H19N3O2S/c1-3-12-25-19-16(10-7-11-18(19)24-2)13-21-23-20-22-17(14-26-20)15-8-5-4-6-9-15/h3-11,13-14H,1,12H2,2H3,(H,22,23). The highest BCUT2D eigenvalue weighted by Crippen LogP contribution is 2.30. The number of rotatable bonds is 8. The van der Waals surface area contributed by atoms with E-state index in [2.05, 4.69) is 22.1 Å². The zero-order chi connectivity index (χ0) is 18.2. The second-order valence-corrected chi connectivity index (χ2v) is 6.11. The Kier molecular flexibility index (Phi) is 6.01. The molecule has 6 heteroatoms. The molecule has 0 saturated carbocycles. The van der Waals surface area contributed by atoms with Crippen molar-refractivity contribution in [2.24, 2.45) is 5.10 Å². The van der Waals surface area contributed by atoms with Crippen molar-refractivity contribution in [1.82, 2.24) is 4.98 Å². The van der Waals surface area contributed by atoms with Gasteiger partial charge in [-0.1, -0.05) is 49.1 Å². The van der Waals surface area contributed by atoms with Crippen molar-refractivity contribution in [2.75, 3.05) is 19.1 Å². The molecule has 0 bridgehead atoms. The van der Waals surface area contributed by atoms with Gasteiger partial charge < -0.3 is 9.47 Å². The summed E-state index contributed by atoms with van der Waals surface area (Å²) in [6.07, 6.45) is 3.37. The van der Waals surface area contributed by atoms with Crippen LogP contribution < -0.4 is 14.9 Å². The van der Waals surface area contributed by atoms with Gasteiger partial charge in [-0.3, -0.25) is 5.43 Å². The van der Waals surface area contributed by atoms with Gasteiger partial charge >= 0.3 is 0 Å². The van der Waals surface area contributed by atoms with Crippen LogP contribution in [0.15, 0.2) is 71.7 Å². The number of methoxy groups -OCH3 is 1. The number of benzene rings is 2. The lowest BCUT2D eigenvalue weighted by atomic mass is 10.2. The lowest BCUT2D eigenvalue weighted by Crippen LogP contribution is -2.00. The molecule has 0 atom stereocenters. The molecular formula is C20H19N3O2S. The van der Waals surface area contributed by atoms with Gasteiger partial charge in [-0.05, 0) is 12.1 Å². The first kappa shape index (κ1) is 17.7. The fourth-order valence-electron chi connectivity index (χ4n) is 2.32. The number of ether oxygens (including phenoxy) is 2. The summed E-state index contributed by atoms with van der Waals surface area (Å²) in [6.45, 7) is 4.06. The van der Waals surface area contributed by atoms with Crippen molar-refractivity contribution in [3.8, 4) is 22.8 Å². The monoisotopic (exact) mass is 365 g/mol. The molecule has 1 aromatic heterocycles. The summed E-state index contributed by atoms with van der Waals surface area (Å²) in [7, 11) is 1.61. The Morgan fingerprint density at radius 1 is 1.19 bits per heavy atom. The molecule has 1 N–H and O–H groups in total. The molecule has 0 spiro atoms. The Morgan fingerprint density at radius 2 is 2.04 bits per heavy atom. The minimum atomic E-state index is 0.390.